The molecule has 0 fully saturated rings. The number of nitrogens with two attached hydrogens (primary N) is 1. The number of nitrogens with one attached hydrogen (secondary N) is 1. The Morgan fingerprint density at radius 3 is 2.80 bits per heavy atom. The molecule has 0 bridgehead atoms. The summed E-state index contributed by atoms with van der Waals surface area (Å²) < 4.78 is 0. The van der Waals surface area contributed by atoms with Crippen molar-refractivity contribution in [3.63, 3.8) is 0 Å². The van der Waals surface area contributed by atoms with Gasteiger partial charge in [0.15, 0.2) is 5.96 Å². The lowest BCUT2D eigenvalue weighted by Gasteiger charge is -2.13. The molecule has 0 radical (unpaired) electrons. The molecule has 1 rings (SSSR count). The van der Waals surface area contributed by atoms with E-state index in [9.17, 15) is 0 Å². The maximum atomic E-state index is 5.55. The highest BCUT2D eigenvalue weighted by Gasteiger charge is 1.97. The van der Waals surface area contributed by atoms with Gasteiger partial charge in [0.25, 0.3) is 0 Å². The summed E-state index contributed by atoms with van der Waals surface area (Å²) in [6.07, 6.45) is 0. The van der Waals surface area contributed by atoms with Crippen LogP contribution in [0.3, 0.4) is 0 Å². The molecular weight excluding hydrogens is 188 g/mol. The molecule has 15 heavy (non-hydrogen) atoms. The van der Waals surface area contributed by atoms with E-state index in [0.29, 0.717) is 12.5 Å². The van der Waals surface area contributed by atoms with Gasteiger partial charge >= 0.3 is 0 Å². The van der Waals surface area contributed by atoms with Crippen LogP contribution in [0.15, 0.2) is 29.3 Å². The number of nitrogens with zero attached hydrogens (tertiary/aromatic N) is 2. The van der Waals surface area contributed by atoms with Crippen molar-refractivity contribution < 1.29 is 0 Å². The molecule has 0 heterocycles. The second-order valence-electron chi connectivity index (χ2n) is 3.53. The van der Waals surface area contributed by atoms with Crippen LogP contribution in [0.25, 0.3) is 0 Å². The molecule has 0 unspecified atom stereocenters. The molecule has 0 aliphatic carbocycles. The van der Waals surface area contributed by atoms with E-state index in [0.717, 1.165) is 0 Å². The summed E-state index contributed by atoms with van der Waals surface area (Å²) in [7, 11) is 5.71. The van der Waals surface area contributed by atoms with Crippen LogP contribution in [0, 0.1) is 0 Å². The molecule has 82 valence electrons. The predicted octanol–water partition coefficient (Wildman–Crippen LogP) is 0.787. The second kappa shape index (κ2) is 5.24. The van der Waals surface area contributed by atoms with Crippen molar-refractivity contribution in [2.75, 3.05) is 26.0 Å². The molecule has 0 saturated heterocycles. The summed E-state index contributed by atoms with van der Waals surface area (Å²) in [5.74, 6) is 0.463. The monoisotopic (exact) mass is 206 g/mol. The lowest BCUT2D eigenvalue weighted by atomic mass is 10.2. The number of hydrogen-bond acceptors (Lipinski definition) is 2. The Balaban J connectivity index is 2.66. The van der Waals surface area contributed by atoms with Gasteiger partial charge in [-0.1, -0.05) is 12.1 Å². The van der Waals surface area contributed by atoms with E-state index in [-0.39, 0.29) is 0 Å². The van der Waals surface area contributed by atoms with E-state index in [2.05, 4.69) is 33.4 Å². The van der Waals surface area contributed by atoms with E-state index < -0.39 is 0 Å². The minimum atomic E-state index is 0.463. The van der Waals surface area contributed by atoms with Gasteiger partial charge in [-0.25, -0.2) is 0 Å². The highest BCUT2D eigenvalue weighted by atomic mass is 15.1. The largest absolute Gasteiger partial charge is 0.378 e. The standard InChI is InChI=1S/C11H18N4/c1-13-11(12)14-8-9-5-4-6-10(7-9)15(2)3/h4-7H,8H2,1-3H3,(H3,12,13,14). The Hall–Kier alpha value is -1.71. The highest BCUT2D eigenvalue weighted by molar-refractivity contribution is 5.77. The first-order valence-electron chi connectivity index (χ1n) is 4.86. The van der Waals surface area contributed by atoms with Gasteiger partial charge in [-0.15, -0.1) is 0 Å². The summed E-state index contributed by atoms with van der Waals surface area (Å²) in [6, 6.07) is 8.28. The Labute approximate surface area is 90.8 Å². The smallest absolute Gasteiger partial charge is 0.188 e. The first-order valence-corrected chi connectivity index (χ1v) is 4.86. The third kappa shape index (κ3) is 3.50. The maximum Gasteiger partial charge on any atom is 0.188 e. The maximum absolute atomic E-state index is 5.55. The first-order chi connectivity index (χ1) is 7.13. The van der Waals surface area contributed by atoms with E-state index in [1.807, 2.05) is 20.2 Å². The zero-order valence-corrected chi connectivity index (χ0v) is 9.49. The number of hydrogen-bond donors (Lipinski definition) is 2. The summed E-state index contributed by atoms with van der Waals surface area (Å²) in [5, 5.41) is 3.02. The number of guanidine groups is 1. The number of aliphatic imine (C=N–C) groups is 1. The van der Waals surface area contributed by atoms with Crippen LogP contribution in [0.5, 0.6) is 0 Å². The highest BCUT2D eigenvalue weighted by Crippen LogP contribution is 2.12. The zero-order valence-electron chi connectivity index (χ0n) is 9.49. The molecule has 0 atom stereocenters. The minimum Gasteiger partial charge on any atom is -0.378 e. The fraction of sp³-hybridized carbons (Fsp3) is 0.364. The van der Waals surface area contributed by atoms with Crippen LogP contribution >= 0.6 is 0 Å². The van der Waals surface area contributed by atoms with E-state index in [1.165, 1.54) is 11.3 Å². The van der Waals surface area contributed by atoms with Gasteiger partial charge in [0.05, 0.1) is 0 Å². The van der Waals surface area contributed by atoms with Gasteiger partial charge in [0, 0.05) is 33.4 Å². The van der Waals surface area contributed by atoms with Crippen molar-refractivity contribution in [3.05, 3.63) is 29.8 Å². The van der Waals surface area contributed by atoms with Crippen molar-refractivity contribution >= 4 is 11.6 Å². The van der Waals surface area contributed by atoms with Crippen molar-refractivity contribution in [1.82, 2.24) is 5.32 Å². The lowest BCUT2D eigenvalue weighted by molar-refractivity contribution is 0.899. The molecule has 0 aromatic heterocycles. The normalized spacial score (nSPS) is 11.3. The Kier molecular flexibility index (Phi) is 3.97. The first kappa shape index (κ1) is 11.4. The fourth-order valence-electron chi connectivity index (χ4n) is 1.22. The molecule has 0 spiro atoms. The summed E-state index contributed by atoms with van der Waals surface area (Å²) in [5.41, 5.74) is 7.92. The summed E-state index contributed by atoms with van der Waals surface area (Å²) in [6.45, 7) is 0.699. The van der Waals surface area contributed by atoms with Crippen LogP contribution in [-0.4, -0.2) is 27.1 Å². The van der Waals surface area contributed by atoms with Crippen molar-refractivity contribution in [2.45, 2.75) is 6.54 Å². The molecule has 4 nitrogen and oxygen atoms in total. The summed E-state index contributed by atoms with van der Waals surface area (Å²) in [4.78, 5) is 5.90. The Bertz CT molecular complexity index is 344. The topological polar surface area (TPSA) is 53.6 Å². The summed E-state index contributed by atoms with van der Waals surface area (Å²) >= 11 is 0. The van der Waals surface area contributed by atoms with E-state index >= 15 is 0 Å². The number of anilines is 1. The molecule has 3 N–H and O–H groups in total. The minimum absolute atomic E-state index is 0.463. The van der Waals surface area contributed by atoms with Crippen LogP contribution in [0.2, 0.25) is 0 Å². The van der Waals surface area contributed by atoms with Gasteiger partial charge in [0.1, 0.15) is 0 Å². The Morgan fingerprint density at radius 2 is 2.20 bits per heavy atom. The Morgan fingerprint density at radius 1 is 1.47 bits per heavy atom. The van der Waals surface area contributed by atoms with Gasteiger partial charge < -0.3 is 16.0 Å². The third-order valence-electron chi connectivity index (χ3n) is 2.14. The average Bonchev–Trinajstić information content (AvgIpc) is 2.26. The molecule has 0 saturated carbocycles. The van der Waals surface area contributed by atoms with Gasteiger partial charge in [-0.3, -0.25) is 4.99 Å². The van der Waals surface area contributed by atoms with Crippen molar-refractivity contribution in [3.8, 4) is 0 Å². The molecule has 1 aromatic rings. The lowest BCUT2D eigenvalue weighted by Crippen LogP contribution is -2.30. The van der Waals surface area contributed by atoms with Crippen molar-refractivity contribution in [2.24, 2.45) is 10.7 Å². The number of benzene rings is 1. The molecule has 0 aliphatic rings. The van der Waals surface area contributed by atoms with Crippen LogP contribution in [0.1, 0.15) is 5.56 Å². The molecule has 0 aliphatic heterocycles. The second-order valence-corrected chi connectivity index (χ2v) is 3.53. The SMILES string of the molecule is CN=C(N)NCc1cccc(N(C)C)c1. The quantitative estimate of drug-likeness (QED) is 0.568. The van der Waals surface area contributed by atoms with E-state index in [4.69, 9.17) is 5.73 Å². The number of rotatable bonds is 3. The zero-order chi connectivity index (χ0) is 11.3. The van der Waals surface area contributed by atoms with Crippen LogP contribution < -0.4 is 16.0 Å². The van der Waals surface area contributed by atoms with Crippen LogP contribution in [-0.2, 0) is 6.54 Å². The fourth-order valence-corrected chi connectivity index (χ4v) is 1.22. The van der Waals surface area contributed by atoms with Gasteiger partial charge in [-0.05, 0) is 17.7 Å². The van der Waals surface area contributed by atoms with Crippen LogP contribution in [0.4, 0.5) is 5.69 Å². The van der Waals surface area contributed by atoms with E-state index in [1.54, 1.807) is 7.05 Å². The molecular formula is C11H18N4. The van der Waals surface area contributed by atoms with Crippen molar-refractivity contribution in [1.29, 1.82) is 0 Å². The molecule has 4 heteroatoms. The van der Waals surface area contributed by atoms with Gasteiger partial charge in [0.2, 0.25) is 0 Å². The van der Waals surface area contributed by atoms with Gasteiger partial charge in [-0.2, -0.15) is 0 Å². The average molecular weight is 206 g/mol. The molecule has 1 aromatic carbocycles. The molecule has 0 amide bonds. The third-order valence-corrected chi connectivity index (χ3v) is 2.14. The predicted molar refractivity (Wildman–Crippen MR) is 65.2 cm³/mol.